The molecule has 146 valence electrons. The summed E-state index contributed by atoms with van der Waals surface area (Å²) in [4.78, 5) is 4.00. The Kier molecular flexibility index (Phi) is 5.63. The average Bonchev–Trinajstić information content (AvgIpc) is 2.62. The van der Waals surface area contributed by atoms with Crippen molar-refractivity contribution >= 4 is 10.1 Å². The molecule has 10 heteroatoms. The number of nitrogens with zero attached hydrogens (tertiary/aromatic N) is 1. The fraction of sp³-hybridized carbons (Fsp3) is 0.353. The number of aliphatic hydroxyl groups is 2. The summed E-state index contributed by atoms with van der Waals surface area (Å²) in [5, 5.41) is 20.8. The Bertz CT molecular complexity index is 858. The van der Waals surface area contributed by atoms with Gasteiger partial charge in [-0.25, -0.2) is 4.98 Å². The lowest BCUT2D eigenvalue weighted by Gasteiger charge is -2.40. The van der Waals surface area contributed by atoms with Crippen molar-refractivity contribution in [3.05, 3.63) is 54.2 Å². The first kappa shape index (κ1) is 19.5. The zero-order valence-electron chi connectivity index (χ0n) is 14.2. The molecule has 1 aliphatic rings. The van der Waals surface area contributed by atoms with Gasteiger partial charge in [0.1, 0.15) is 11.9 Å². The molecule has 2 aromatic rings. The number of rotatable bonds is 5. The summed E-state index contributed by atoms with van der Waals surface area (Å²) >= 11 is 0. The molecule has 2 heterocycles. The van der Waals surface area contributed by atoms with Crippen LogP contribution in [0.4, 0.5) is 0 Å². The Morgan fingerprint density at radius 3 is 2.33 bits per heavy atom. The molecule has 27 heavy (non-hydrogen) atoms. The first-order valence-corrected chi connectivity index (χ1v) is 9.55. The molecule has 3 N–H and O–H groups in total. The van der Waals surface area contributed by atoms with Gasteiger partial charge in [0.25, 0.3) is 10.1 Å². The van der Waals surface area contributed by atoms with Crippen LogP contribution in [0.15, 0.2) is 48.7 Å². The second-order valence-electron chi connectivity index (χ2n) is 6.06. The van der Waals surface area contributed by atoms with Crippen molar-refractivity contribution < 1.29 is 37.4 Å². The van der Waals surface area contributed by atoms with Gasteiger partial charge in [-0.2, -0.15) is 8.42 Å². The lowest BCUT2D eigenvalue weighted by atomic mass is 10.0. The maximum Gasteiger partial charge on any atom is 0.295 e. The number of aliphatic hydroxyl groups excluding tert-OH is 2. The molecule has 0 spiro atoms. The van der Waals surface area contributed by atoms with Gasteiger partial charge in [0, 0.05) is 12.3 Å². The van der Waals surface area contributed by atoms with Gasteiger partial charge < -0.3 is 24.4 Å². The van der Waals surface area contributed by atoms with Crippen LogP contribution in [-0.2, 0) is 14.9 Å². The number of benzene rings is 1. The van der Waals surface area contributed by atoms with Crippen LogP contribution in [0.2, 0.25) is 0 Å². The third-order valence-corrected chi connectivity index (χ3v) is 4.91. The summed E-state index contributed by atoms with van der Waals surface area (Å²) in [6.45, 7) is 1.81. The number of pyridine rings is 1. The summed E-state index contributed by atoms with van der Waals surface area (Å²) in [6.07, 6.45) is -4.94. The Morgan fingerprint density at radius 2 is 1.74 bits per heavy atom. The van der Waals surface area contributed by atoms with Crippen molar-refractivity contribution in [2.24, 2.45) is 0 Å². The predicted octanol–water partition coefficient (Wildman–Crippen LogP) is 0.508. The first-order valence-electron chi connectivity index (χ1n) is 8.04. The predicted molar refractivity (Wildman–Crippen MR) is 92.7 cm³/mol. The van der Waals surface area contributed by atoms with E-state index in [0.29, 0.717) is 5.75 Å². The van der Waals surface area contributed by atoms with E-state index >= 15 is 0 Å². The van der Waals surface area contributed by atoms with E-state index in [9.17, 15) is 23.2 Å². The van der Waals surface area contributed by atoms with Gasteiger partial charge in [0.05, 0.1) is 0 Å². The van der Waals surface area contributed by atoms with Crippen molar-refractivity contribution in [1.82, 2.24) is 4.98 Å². The lowest BCUT2D eigenvalue weighted by Crippen LogP contribution is -2.62. The minimum absolute atomic E-state index is 0.0538. The molecule has 1 aliphatic heterocycles. The fourth-order valence-electron chi connectivity index (χ4n) is 2.58. The van der Waals surface area contributed by atoms with E-state index in [-0.39, 0.29) is 5.88 Å². The number of para-hydroxylation sites is 1. The van der Waals surface area contributed by atoms with Crippen LogP contribution in [0.5, 0.6) is 11.6 Å². The Labute approximate surface area is 155 Å². The molecule has 0 amide bonds. The minimum atomic E-state index is -4.82. The third kappa shape index (κ3) is 4.54. The van der Waals surface area contributed by atoms with E-state index in [1.54, 1.807) is 36.4 Å². The second-order valence-corrected chi connectivity index (χ2v) is 7.55. The monoisotopic (exact) mass is 397 g/mol. The molecule has 1 aromatic heterocycles. The van der Waals surface area contributed by atoms with E-state index in [1.807, 2.05) is 6.92 Å². The SMILES string of the molecule is Cc1ccc(O[C@@H]2[C@@H](O)[C@H](Oc3ccccc3)OC(S(=O)(=O)O)[C@H]2O)nc1. The Hall–Kier alpha value is -2.24. The molecule has 9 nitrogen and oxygen atoms in total. The quantitative estimate of drug-likeness (QED) is 0.617. The van der Waals surface area contributed by atoms with Gasteiger partial charge in [-0.3, -0.25) is 4.55 Å². The molecule has 0 radical (unpaired) electrons. The van der Waals surface area contributed by atoms with Crippen molar-refractivity contribution in [2.45, 2.75) is 37.0 Å². The largest absolute Gasteiger partial charge is 0.468 e. The van der Waals surface area contributed by atoms with Crippen LogP contribution in [0.25, 0.3) is 0 Å². The van der Waals surface area contributed by atoms with Crippen molar-refractivity contribution in [1.29, 1.82) is 0 Å². The Balaban J connectivity index is 1.87. The number of ether oxygens (including phenoxy) is 3. The fourth-order valence-corrected chi connectivity index (χ4v) is 3.34. The van der Waals surface area contributed by atoms with Crippen LogP contribution in [0.3, 0.4) is 0 Å². The summed E-state index contributed by atoms with van der Waals surface area (Å²) < 4.78 is 48.7. The van der Waals surface area contributed by atoms with Gasteiger partial charge in [0.15, 0.2) is 12.2 Å². The zero-order chi connectivity index (χ0) is 19.6. The summed E-state index contributed by atoms with van der Waals surface area (Å²) in [7, 11) is -4.82. The molecule has 1 unspecified atom stereocenters. The van der Waals surface area contributed by atoms with Gasteiger partial charge in [-0.15, -0.1) is 0 Å². The zero-order valence-corrected chi connectivity index (χ0v) is 15.1. The van der Waals surface area contributed by atoms with Crippen LogP contribution < -0.4 is 9.47 Å². The van der Waals surface area contributed by atoms with Crippen LogP contribution in [0.1, 0.15) is 5.56 Å². The van der Waals surface area contributed by atoms with E-state index in [0.717, 1.165) is 5.56 Å². The molecule has 1 fully saturated rings. The van der Waals surface area contributed by atoms with Crippen LogP contribution in [0, 0.1) is 6.92 Å². The highest BCUT2D eigenvalue weighted by atomic mass is 32.2. The molecule has 0 saturated carbocycles. The highest BCUT2D eigenvalue weighted by molar-refractivity contribution is 7.86. The normalized spacial score (nSPS) is 28.5. The van der Waals surface area contributed by atoms with Crippen LogP contribution >= 0.6 is 0 Å². The highest BCUT2D eigenvalue weighted by Crippen LogP contribution is 2.29. The lowest BCUT2D eigenvalue weighted by molar-refractivity contribution is -0.249. The number of aryl methyl sites for hydroxylation is 1. The third-order valence-electron chi connectivity index (χ3n) is 3.93. The summed E-state index contributed by atoms with van der Waals surface area (Å²) in [5.41, 5.74) is -1.21. The molecule has 3 rings (SSSR count). The standard InChI is InChI=1S/C17H19NO8S/c1-10-7-8-12(18-9-10)25-15-13(19)16(24-11-5-3-2-4-6-11)26-17(14(15)20)27(21,22)23/h2-9,13-17,19-20H,1H3,(H,21,22,23)/t13-,14+,15-,16-,17?/m1/s1. The van der Waals surface area contributed by atoms with Crippen LogP contribution in [-0.4, -0.2) is 58.2 Å². The van der Waals surface area contributed by atoms with E-state index in [1.165, 1.54) is 12.3 Å². The minimum Gasteiger partial charge on any atom is -0.468 e. The van der Waals surface area contributed by atoms with Crippen molar-refractivity contribution in [2.75, 3.05) is 0 Å². The van der Waals surface area contributed by atoms with E-state index in [2.05, 4.69) is 4.98 Å². The highest BCUT2D eigenvalue weighted by Gasteiger charge is 2.52. The summed E-state index contributed by atoms with van der Waals surface area (Å²) in [5.74, 6) is 0.345. The second kappa shape index (κ2) is 7.79. The smallest absolute Gasteiger partial charge is 0.295 e. The Morgan fingerprint density at radius 1 is 1.04 bits per heavy atom. The maximum absolute atomic E-state index is 11.6. The van der Waals surface area contributed by atoms with Gasteiger partial charge in [-0.05, 0) is 24.6 Å². The van der Waals surface area contributed by atoms with E-state index < -0.39 is 40.2 Å². The van der Waals surface area contributed by atoms with Gasteiger partial charge in [-0.1, -0.05) is 24.3 Å². The molecule has 1 aromatic carbocycles. The first-order chi connectivity index (χ1) is 12.8. The molecular weight excluding hydrogens is 378 g/mol. The summed E-state index contributed by atoms with van der Waals surface area (Å²) in [6, 6.07) is 11.4. The maximum atomic E-state index is 11.6. The molecule has 0 bridgehead atoms. The number of hydrogen-bond donors (Lipinski definition) is 3. The van der Waals surface area contributed by atoms with E-state index in [4.69, 9.17) is 14.2 Å². The molecular formula is C17H19NO8S. The van der Waals surface area contributed by atoms with Crippen molar-refractivity contribution in [3.8, 4) is 11.6 Å². The van der Waals surface area contributed by atoms with Gasteiger partial charge >= 0.3 is 0 Å². The van der Waals surface area contributed by atoms with Crippen molar-refractivity contribution in [3.63, 3.8) is 0 Å². The number of aromatic nitrogens is 1. The number of hydrogen-bond acceptors (Lipinski definition) is 8. The molecule has 5 atom stereocenters. The van der Waals surface area contributed by atoms with Gasteiger partial charge in [0.2, 0.25) is 17.6 Å². The molecule has 1 saturated heterocycles. The average molecular weight is 397 g/mol. The topological polar surface area (TPSA) is 135 Å². The molecule has 0 aliphatic carbocycles.